The lowest BCUT2D eigenvalue weighted by atomic mass is 10.0. The van der Waals surface area contributed by atoms with Crippen LogP contribution in [0.4, 0.5) is 0 Å². The topological polar surface area (TPSA) is 88.7 Å². The van der Waals surface area contributed by atoms with Crippen LogP contribution >= 0.6 is 12.4 Å². The van der Waals surface area contributed by atoms with Crippen molar-refractivity contribution in [1.82, 2.24) is 20.1 Å². The van der Waals surface area contributed by atoms with Gasteiger partial charge in [-0.3, -0.25) is 9.48 Å². The van der Waals surface area contributed by atoms with Crippen molar-refractivity contribution >= 4 is 29.2 Å². The number of H-pyrrole nitrogens is 1. The molecule has 1 atom stereocenters. The van der Waals surface area contributed by atoms with Gasteiger partial charge in [0.1, 0.15) is 0 Å². The molecule has 1 aromatic carbocycles. The number of amides is 1. The van der Waals surface area contributed by atoms with E-state index in [1.54, 1.807) is 0 Å². The van der Waals surface area contributed by atoms with E-state index in [0.717, 1.165) is 33.4 Å². The van der Waals surface area contributed by atoms with E-state index in [1.807, 2.05) is 56.0 Å². The van der Waals surface area contributed by atoms with Gasteiger partial charge in [-0.2, -0.15) is 5.10 Å². The molecule has 2 heterocycles. The number of aromatic nitrogens is 3. The molecule has 0 fully saturated rings. The van der Waals surface area contributed by atoms with Crippen molar-refractivity contribution in [2.45, 2.75) is 32.9 Å². The Labute approximate surface area is 153 Å². The monoisotopic (exact) mass is 361 g/mol. The molecule has 25 heavy (non-hydrogen) atoms. The smallest absolute Gasteiger partial charge is 0.237 e. The van der Waals surface area contributed by atoms with Gasteiger partial charge in [0.2, 0.25) is 5.91 Å². The van der Waals surface area contributed by atoms with Gasteiger partial charge < -0.3 is 16.0 Å². The van der Waals surface area contributed by atoms with Gasteiger partial charge in [0.25, 0.3) is 0 Å². The normalized spacial score (nSPS) is 12.0. The number of halogens is 1. The Balaban J connectivity index is 0.00000225. The number of nitrogens with two attached hydrogens (primary N) is 1. The minimum atomic E-state index is -0.582. The van der Waals surface area contributed by atoms with E-state index >= 15 is 0 Å². The first-order valence-corrected chi connectivity index (χ1v) is 8.04. The third-order valence-corrected chi connectivity index (χ3v) is 4.55. The van der Waals surface area contributed by atoms with E-state index in [2.05, 4.69) is 15.4 Å². The highest BCUT2D eigenvalue weighted by Gasteiger charge is 2.17. The largest absolute Gasteiger partial charge is 0.361 e. The first-order chi connectivity index (χ1) is 11.5. The van der Waals surface area contributed by atoms with Crippen molar-refractivity contribution < 1.29 is 4.79 Å². The number of hydrogen-bond donors (Lipinski definition) is 3. The summed E-state index contributed by atoms with van der Waals surface area (Å²) in [6.07, 6.45) is 2.42. The Morgan fingerprint density at radius 2 is 2.08 bits per heavy atom. The second-order valence-corrected chi connectivity index (χ2v) is 6.16. The van der Waals surface area contributed by atoms with Gasteiger partial charge in [0.15, 0.2) is 0 Å². The lowest BCUT2D eigenvalue weighted by molar-refractivity contribution is -0.122. The van der Waals surface area contributed by atoms with Crippen molar-refractivity contribution in [3.63, 3.8) is 0 Å². The fourth-order valence-electron chi connectivity index (χ4n) is 3.01. The molecule has 7 heteroatoms. The molecule has 3 rings (SSSR count). The number of nitrogens with one attached hydrogen (secondary N) is 2. The fourth-order valence-corrected chi connectivity index (χ4v) is 3.01. The zero-order valence-electron chi connectivity index (χ0n) is 14.7. The number of aryl methyl sites for hydroxylation is 2. The molecular formula is C18H24ClN5O. The number of carbonyl (C=O) groups excluding carboxylic acids is 1. The van der Waals surface area contributed by atoms with Crippen LogP contribution in [-0.2, 0) is 24.8 Å². The average molecular weight is 362 g/mol. The average Bonchev–Trinajstić information content (AvgIpc) is 3.07. The predicted molar refractivity (Wildman–Crippen MR) is 102 cm³/mol. The summed E-state index contributed by atoms with van der Waals surface area (Å²) in [5.74, 6) is -0.150. The Bertz CT molecular complexity index is 883. The van der Waals surface area contributed by atoms with Crippen molar-refractivity contribution in [2.75, 3.05) is 0 Å². The molecule has 0 saturated heterocycles. The Kier molecular flexibility index (Phi) is 5.87. The maximum Gasteiger partial charge on any atom is 0.237 e. The molecule has 3 aromatic rings. The number of nitrogens with zero attached hydrogens (tertiary/aromatic N) is 2. The molecule has 0 spiro atoms. The van der Waals surface area contributed by atoms with Crippen LogP contribution in [0.25, 0.3) is 10.9 Å². The lowest BCUT2D eigenvalue weighted by Crippen LogP contribution is -2.41. The third-order valence-electron chi connectivity index (χ3n) is 4.55. The van der Waals surface area contributed by atoms with Crippen LogP contribution in [0.3, 0.4) is 0 Å². The summed E-state index contributed by atoms with van der Waals surface area (Å²) in [7, 11) is 1.90. The zero-order chi connectivity index (χ0) is 17.3. The van der Waals surface area contributed by atoms with E-state index in [0.29, 0.717) is 13.0 Å². The van der Waals surface area contributed by atoms with Crippen molar-refractivity contribution in [3.8, 4) is 0 Å². The van der Waals surface area contributed by atoms with Crippen LogP contribution in [0.2, 0.25) is 0 Å². The summed E-state index contributed by atoms with van der Waals surface area (Å²) in [6.45, 7) is 4.39. The van der Waals surface area contributed by atoms with Crippen LogP contribution in [0.15, 0.2) is 30.5 Å². The summed E-state index contributed by atoms with van der Waals surface area (Å²) in [5, 5.41) is 8.40. The van der Waals surface area contributed by atoms with E-state index in [-0.39, 0.29) is 18.3 Å². The van der Waals surface area contributed by atoms with E-state index in [9.17, 15) is 4.79 Å². The van der Waals surface area contributed by atoms with Crippen LogP contribution in [0.5, 0.6) is 0 Å². The second-order valence-electron chi connectivity index (χ2n) is 6.16. The van der Waals surface area contributed by atoms with E-state index in [1.165, 1.54) is 0 Å². The number of benzene rings is 1. The molecule has 6 nitrogen and oxygen atoms in total. The van der Waals surface area contributed by atoms with E-state index < -0.39 is 6.04 Å². The molecule has 4 N–H and O–H groups in total. The summed E-state index contributed by atoms with van der Waals surface area (Å²) in [4.78, 5) is 15.5. The lowest BCUT2D eigenvalue weighted by Gasteiger charge is -2.12. The minimum Gasteiger partial charge on any atom is -0.361 e. The summed E-state index contributed by atoms with van der Waals surface area (Å²) < 4.78 is 1.82. The number of para-hydroxylation sites is 1. The van der Waals surface area contributed by atoms with Crippen LogP contribution in [0, 0.1) is 13.8 Å². The first-order valence-electron chi connectivity index (χ1n) is 8.04. The highest BCUT2D eigenvalue weighted by Crippen LogP contribution is 2.19. The first kappa shape index (κ1) is 19.0. The van der Waals surface area contributed by atoms with Gasteiger partial charge in [-0.25, -0.2) is 0 Å². The van der Waals surface area contributed by atoms with Crippen LogP contribution in [-0.4, -0.2) is 26.7 Å². The van der Waals surface area contributed by atoms with Crippen molar-refractivity contribution in [1.29, 1.82) is 0 Å². The maximum atomic E-state index is 12.3. The summed E-state index contributed by atoms with van der Waals surface area (Å²) >= 11 is 0. The number of hydrogen-bond acceptors (Lipinski definition) is 3. The molecule has 0 saturated carbocycles. The number of carbonyl (C=O) groups is 1. The van der Waals surface area contributed by atoms with Crippen molar-refractivity contribution in [3.05, 3.63) is 53.0 Å². The number of aromatic amines is 1. The molecule has 0 aliphatic carbocycles. The molecule has 0 bridgehead atoms. The van der Waals surface area contributed by atoms with E-state index in [4.69, 9.17) is 5.73 Å². The quantitative estimate of drug-likeness (QED) is 0.650. The maximum absolute atomic E-state index is 12.3. The molecule has 0 radical (unpaired) electrons. The molecule has 1 amide bonds. The Morgan fingerprint density at radius 1 is 1.36 bits per heavy atom. The molecule has 0 aliphatic rings. The van der Waals surface area contributed by atoms with Gasteiger partial charge in [0, 0.05) is 41.9 Å². The predicted octanol–water partition coefficient (Wildman–Crippen LogP) is 2.13. The molecular weight excluding hydrogens is 338 g/mol. The second kappa shape index (κ2) is 7.72. The van der Waals surface area contributed by atoms with Crippen molar-refractivity contribution in [2.24, 2.45) is 12.8 Å². The summed E-state index contributed by atoms with van der Waals surface area (Å²) in [6, 6.07) is 7.43. The van der Waals surface area contributed by atoms with Gasteiger partial charge in [-0.15, -0.1) is 12.4 Å². The molecule has 0 unspecified atom stereocenters. The Hall–Kier alpha value is -2.31. The fraction of sp³-hybridized carbons (Fsp3) is 0.333. The zero-order valence-corrected chi connectivity index (χ0v) is 15.5. The summed E-state index contributed by atoms with van der Waals surface area (Å²) in [5.41, 5.74) is 11.2. The van der Waals surface area contributed by atoms with Gasteiger partial charge >= 0.3 is 0 Å². The highest BCUT2D eigenvalue weighted by atomic mass is 35.5. The molecule has 2 aromatic heterocycles. The SMILES string of the molecule is Cc1nn(C)c(C)c1CNC(=O)[C@@H](N)Cc1c[nH]c2ccccc12.Cl. The van der Waals surface area contributed by atoms with Crippen LogP contribution in [0.1, 0.15) is 22.5 Å². The Morgan fingerprint density at radius 3 is 2.76 bits per heavy atom. The van der Waals surface area contributed by atoms with Gasteiger partial charge in [-0.05, 0) is 31.9 Å². The molecule has 0 aliphatic heterocycles. The minimum absolute atomic E-state index is 0. The van der Waals surface area contributed by atoms with Gasteiger partial charge in [-0.1, -0.05) is 18.2 Å². The third kappa shape index (κ3) is 3.86. The number of rotatable bonds is 5. The molecule has 134 valence electrons. The standard InChI is InChI=1S/C18H23N5O.ClH/c1-11-15(12(2)23(3)22-11)10-21-18(24)16(19)8-13-9-20-17-7-5-4-6-14(13)17;/h4-7,9,16,20H,8,10,19H2,1-3H3,(H,21,24);1H/t16-;/m0./s1. The highest BCUT2D eigenvalue weighted by molar-refractivity contribution is 5.86. The van der Waals surface area contributed by atoms with Crippen LogP contribution < -0.4 is 11.1 Å². The van der Waals surface area contributed by atoms with Gasteiger partial charge in [0.05, 0.1) is 11.7 Å². The number of fused-ring (bicyclic) bond motifs is 1.